The van der Waals surface area contributed by atoms with E-state index in [2.05, 4.69) is 17.5 Å². The minimum atomic E-state index is -0.864. The first-order chi connectivity index (χ1) is 14.1. The van der Waals surface area contributed by atoms with Crippen LogP contribution in [0.2, 0.25) is 0 Å². The van der Waals surface area contributed by atoms with E-state index in [0.717, 1.165) is 12.0 Å². The predicted molar refractivity (Wildman–Crippen MR) is 104 cm³/mol. The van der Waals surface area contributed by atoms with E-state index in [-0.39, 0.29) is 47.9 Å². The van der Waals surface area contributed by atoms with E-state index in [1.807, 2.05) is 30.3 Å². The molecular weight excluding hydrogens is 368 g/mol. The molecule has 3 amide bonds. The summed E-state index contributed by atoms with van der Waals surface area (Å²) in [7, 11) is 0. The monoisotopic (exact) mass is 390 g/mol. The highest BCUT2D eigenvalue weighted by Gasteiger charge is 2.61. The molecule has 2 bridgehead atoms. The molecular formula is C23H22N2O4. The summed E-state index contributed by atoms with van der Waals surface area (Å²) in [5.41, 5.74) is 0.907. The molecule has 1 aliphatic heterocycles. The van der Waals surface area contributed by atoms with E-state index in [9.17, 15) is 14.4 Å². The zero-order valence-electron chi connectivity index (χ0n) is 15.9. The molecule has 5 atom stereocenters. The van der Waals surface area contributed by atoms with Crippen LogP contribution in [-0.4, -0.2) is 28.7 Å². The Hall–Kier alpha value is -3.15. The number of amides is 3. The van der Waals surface area contributed by atoms with Gasteiger partial charge in [0.1, 0.15) is 11.8 Å². The molecule has 2 heterocycles. The standard InChI is InChI=1S/C23H22N2O4/c26-21(24-13-17-7-4-10-29-17)18(11-14-5-2-1-3-6-14)25-22(27)19-15-8-9-16(12-15)20(19)23(25)28/h1-10,15-16,18-20H,11-13H2,(H,24,26)/t15-,16-,18-,19-,20+/m0/s1. The molecule has 1 N–H and O–H groups in total. The van der Waals surface area contributed by atoms with Crippen molar-refractivity contribution in [2.75, 3.05) is 0 Å². The SMILES string of the molecule is O=C(NCc1ccco1)[C@H](Cc1ccccc1)N1C(=O)[C@@H]2[C@H](C1=O)[C@H]1C=C[C@H]2C1. The Morgan fingerprint density at radius 3 is 2.34 bits per heavy atom. The third-order valence-electron chi connectivity index (χ3n) is 6.41. The first kappa shape index (κ1) is 17.9. The molecule has 29 heavy (non-hydrogen) atoms. The first-order valence-electron chi connectivity index (χ1n) is 10.0. The second-order valence-electron chi connectivity index (χ2n) is 8.05. The van der Waals surface area contributed by atoms with E-state index in [4.69, 9.17) is 4.42 Å². The summed E-state index contributed by atoms with van der Waals surface area (Å²) < 4.78 is 5.28. The Balaban J connectivity index is 1.41. The minimum Gasteiger partial charge on any atom is -0.467 e. The fourth-order valence-electron chi connectivity index (χ4n) is 5.08. The lowest BCUT2D eigenvalue weighted by molar-refractivity contribution is -0.148. The van der Waals surface area contributed by atoms with Gasteiger partial charge in [-0.3, -0.25) is 19.3 Å². The summed E-state index contributed by atoms with van der Waals surface area (Å²) in [6.07, 6.45) is 6.83. The number of carbonyl (C=O) groups is 3. The molecule has 1 aromatic heterocycles. The Morgan fingerprint density at radius 1 is 1.03 bits per heavy atom. The van der Waals surface area contributed by atoms with Crippen molar-refractivity contribution in [1.29, 1.82) is 0 Å². The molecule has 6 heteroatoms. The Morgan fingerprint density at radius 2 is 1.72 bits per heavy atom. The number of allylic oxidation sites excluding steroid dienone is 2. The molecule has 0 unspecified atom stereocenters. The molecule has 2 aliphatic carbocycles. The number of hydrogen-bond donors (Lipinski definition) is 1. The summed E-state index contributed by atoms with van der Waals surface area (Å²) in [5, 5.41) is 2.83. The lowest BCUT2D eigenvalue weighted by Crippen LogP contribution is -2.51. The van der Waals surface area contributed by atoms with E-state index in [1.54, 1.807) is 18.4 Å². The van der Waals surface area contributed by atoms with Crippen molar-refractivity contribution < 1.29 is 18.8 Å². The number of fused-ring (bicyclic) bond motifs is 5. The molecule has 2 aromatic rings. The van der Waals surface area contributed by atoms with Gasteiger partial charge in [-0.25, -0.2) is 0 Å². The number of carbonyl (C=O) groups excluding carboxylic acids is 3. The van der Waals surface area contributed by atoms with Gasteiger partial charge in [0.2, 0.25) is 17.7 Å². The normalized spacial score (nSPS) is 28.1. The number of nitrogens with one attached hydrogen (secondary N) is 1. The maximum Gasteiger partial charge on any atom is 0.244 e. The van der Waals surface area contributed by atoms with Crippen molar-refractivity contribution in [3.8, 4) is 0 Å². The summed E-state index contributed by atoms with van der Waals surface area (Å²) >= 11 is 0. The van der Waals surface area contributed by atoms with Crippen molar-refractivity contribution in [3.63, 3.8) is 0 Å². The van der Waals surface area contributed by atoms with Crippen LogP contribution in [0.25, 0.3) is 0 Å². The number of benzene rings is 1. The van der Waals surface area contributed by atoms with Gasteiger partial charge in [0.15, 0.2) is 0 Å². The summed E-state index contributed by atoms with van der Waals surface area (Å²) in [4.78, 5) is 40.8. The van der Waals surface area contributed by atoms with Crippen LogP contribution in [0, 0.1) is 23.7 Å². The second kappa shape index (κ2) is 7.03. The molecule has 0 spiro atoms. The number of hydrogen-bond acceptors (Lipinski definition) is 4. The number of nitrogens with zero attached hydrogens (tertiary/aromatic N) is 1. The van der Waals surface area contributed by atoms with Crippen molar-refractivity contribution in [2.45, 2.75) is 25.4 Å². The van der Waals surface area contributed by atoms with Crippen molar-refractivity contribution in [1.82, 2.24) is 10.2 Å². The largest absolute Gasteiger partial charge is 0.467 e. The molecule has 0 radical (unpaired) electrons. The van der Waals surface area contributed by atoms with Crippen molar-refractivity contribution in [2.24, 2.45) is 23.7 Å². The predicted octanol–water partition coefficient (Wildman–Crippen LogP) is 2.31. The van der Waals surface area contributed by atoms with Gasteiger partial charge in [0, 0.05) is 6.42 Å². The average Bonchev–Trinajstić information content (AvgIpc) is 3.51. The topological polar surface area (TPSA) is 79.6 Å². The molecule has 1 saturated carbocycles. The van der Waals surface area contributed by atoms with Crippen LogP contribution in [0.1, 0.15) is 17.7 Å². The maximum absolute atomic E-state index is 13.2. The zero-order valence-corrected chi connectivity index (χ0v) is 15.9. The van der Waals surface area contributed by atoms with Gasteiger partial charge >= 0.3 is 0 Å². The van der Waals surface area contributed by atoms with Crippen LogP contribution < -0.4 is 5.32 Å². The summed E-state index contributed by atoms with van der Waals surface area (Å²) in [5.74, 6) is -0.508. The van der Waals surface area contributed by atoms with E-state index >= 15 is 0 Å². The molecule has 6 nitrogen and oxygen atoms in total. The molecule has 1 aromatic carbocycles. The second-order valence-corrected chi connectivity index (χ2v) is 8.05. The number of furan rings is 1. The lowest BCUT2D eigenvalue weighted by atomic mass is 9.85. The van der Waals surface area contributed by atoms with Gasteiger partial charge in [0.05, 0.1) is 24.6 Å². The van der Waals surface area contributed by atoms with Gasteiger partial charge < -0.3 is 9.73 Å². The van der Waals surface area contributed by atoms with Crippen LogP contribution in [-0.2, 0) is 27.3 Å². The van der Waals surface area contributed by atoms with E-state index in [1.165, 1.54) is 4.90 Å². The summed E-state index contributed by atoms with van der Waals surface area (Å²) in [6, 6.07) is 12.1. The van der Waals surface area contributed by atoms with Crippen molar-refractivity contribution in [3.05, 3.63) is 72.2 Å². The number of rotatable bonds is 6. The Bertz CT molecular complexity index is 936. The third kappa shape index (κ3) is 2.99. The minimum absolute atomic E-state index is 0.120. The van der Waals surface area contributed by atoms with Gasteiger partial charge in [-0.15, -0.1) is 0 Å². The van der Waals surface area contributed by atoms with Gasteiger partial charge in [-0.2, -0.15) is 0 Å². The molecule has 5 rings (SSSR count). The molecule has 2 fully saturated rings. The fraction of sp³-hybridized carbons (Fsp3) is 0.348. The average molecular weight is 390 g/mol. The summed E-state index contributed by atoms with van der Waals surface area (Å²) in [6.45, 7) is 0.215. The van der Waals surface area contributed by atoms with Crippen molar-refractivity contribution >= 4 is 17.7 Å². The highest BCUT2D eigenvalue weighted by molar-refractivity contribution is 6.09. The third-order valence-corrected chi connectivity index (χ3v) is 6.41. The maximum atomic E-state index is 13.2. The van der Waals surface area contributed by atoms with Crippen LogP contribution in [0.15, 0.2) is 65.3 Å². The highest BCUT2D eigenvalue weighted by Crippen LogP contribution is 2.52. The van der Waals surface area contributed by atoms with Gasteiger partial charge in [-0.1, -0.05) is 42.5 Å². The zero-order chi connectivity index (χ0) is 20.0. The molecule has 148 valence electrons. The number of likely N-dealkylation sites (tertiary alicyclic amines) is 1. The smallest absolute Gasteiger partial charge is 0.244 e. The Labute approximate surface area is 168 Å². The fourth-order valence-corrected chi connectivity index (χ4v) is 5.08. The van der Waals surface area contributed by atoms with Gasteiger partial charge in [0.25, 0.3) is 0 Å². The molecule has 1 saturated heterocycles. The van der Waals surface area contributed by atoms with E-state index in [0.29, 0.717) is 12.2 Å². The van der Waals surface area contributed by atoms with Crippen LogP contribution in [0.5, 0.6) is 0 Å². The first-order valence-corrected chi connectivity index (χ1v) is 10.0. The number of imide groups is 1. The molecule has 3 aliphatic rings. The lowest BCUT2D eigenvalue weighted by Gasteiger charge is -2.27. The van der Waals surface area contributed by atoms with Crippen LogP contribution in [0.4, 0.5) is 0 Å². The van der Waals surface area contributed by atoms with E-state index < -0.39 is 6.04 Å². The Kier molecular flexibility index (Phi) is 4.34. The van der Waals surface area contributed by atoms with Crippen LogP contribution in [0.3, 0.4) is 0 Å². The quantitative estimate of drug-likeness (QED) is 0.606. The van der Waals surface area contributed by atoms with Crippen LogP contribution >= 0.6 is 0 Å². The van der Waals surface area contributed by atoms with Gasteiger partial charge in [-0.05, 0) is 36.0 Å². The highest BCUT2D eigenvalue weighted by atomic mass is 16.3.